The van der Waals surface area contributed by atoms with Crippen molar-refractivity contribution < 1.29 is 23.2 Å². The third-order valence-electron chi connectivity index (χ3n) is 5.66. The van der Waals surface area contributed by atoms with E-state index in [1.165, 1.54) is 20.9 Å². The molecule has 0 radical (unpaired) electrons. The van der Waals surface area contributed by atoms with Crippen molar-refractivity contribution in [2.75, 3.05) is 13.1 Å². The van der Waals surface area contributed by atoms with E-state index in [9.17, 15) is 28.0 Å². The molecule has 1 saturated heterocycles. The summed E-state index contributed by atoms with van der Waals surface area (Å²) in [5.74, 6) is -1.90. The number of aromatic nitrogens is 3. The molecule has 1 unspecified atom stereocenters. The van der Waals surface area contributed by atoms with Crippen molar-refractivity contribution in [1.29, 1.82) is 0 Å². The minimum atomic E-state index is -3.10. The molecule has 2 aromatic rings. The van der Waals surface area contributed by atoms with Gasteiger partial charge >= 0.3 is 6.43 Å². The fourth-order valence-corrected chi connectivity index (χ4v) is 4.22. The molecule has 2 aliphatic heterocycles. The van der Waals surface area contributed by atoms with E-state index >= 15 is 0 Å². The van der Waals surface area contributed by atoms with E-state index in [1.54, 1.807) is 6.07 Å². The van der Waals surface area contributed by atoms with Gasteiger partial charge in [-0.2, -0.15) is 18.4 Å². The Morgan fingerprint density at radius 3 is 2.67 bits per heavy atom. The van der Waals surface area contributed by atoms with Gasteiger partial charge in [0.2, 0.25) is 0 Å². The van der Waals surface area contributed by atoms with Crippen LogP contribution < -0.4 is 5.56 Å². The number of rotatable bonds is 5. The molecule has 2 aliphatic rings. The maximum absolute atomic E-state index is 13.2. The normalized spacial score (nSPS) is 18.7. The van der Waals surface area contributed by atoms with E-state index in [4.69, 9.17) is 0 Å². The standard InChI is InChI=1S/C19H21F2N5O4/c1-3-11-6-14-25(7-10(2)27)15-13(17(28)26(14)22-11)9-24(18(15)29)12-4-5-23(8-12)19(30)16(20)21/h6,12,16H,3-5,7-9H2,1-2H3. The van der Waals surface area contributed by atoms with Crippen molar-refractivity contribution in [3.05, 3.63) is 33.4 Å². The number of alkyl halides is 2. The molecule has 0 N–H and O–H groups in total. The van der Waals surface area contributed by atoms with Gasteiger partial charge in [-0.1, -0.05) is 6.92 Å². The topological polar surface area (TPSA) is 97.0 Å². The minimum Gasteiger partial charge on any atom is -0.336 e. The molecule has 30 heavy (non-hydrogen) atoms. The second-order valence-corrected chi connectivity index (χ2v) is 7.64. The second-order valence-electron chi connectivity index (χ2n) is 7.64. The zero-order valence-electron chi connectivity index (χ0n) is 16.6. The number of fused-ring (bicyclic) bond motifs is 2. The molecule has 0 bridgehead atoms. The molecule has 0 aliphatic carbocycles. The van der Waals surface area contributed by atoms with Crippen LogP contribution in [0.25, 0.3) is 5.65 Å². The lowest BCUT2D eigenvalue weighted by atomic mass is 10.2. The highest BCUT2D eigenvalue weighted by Crippen LogP contribution is 2.28. The van der Waals surface area contributed by atoms with Crippen molar-refractivity contribution in [2.24, 2.45) is 0 Å². The first-order chi connectivity index (χ1) is 14.2. The van der Waals surface area contributed by atoms with Crippen molar-refractivity contribution in [2.45, 2.75) is 52.2 Å². The molecule has 9 nitrogen and oxygen atoms in total. The van der Waals surface area contributed by atoms with Gasteiger partial charge in [0.05, 0.1) is 30.4 Å². The molecule has 1 atom stereocenters. The number of hydrogen-bond acceptors (Lipinski definition) is 5. The Morgan fingerprint density at radius 2 is 2.03 bits per heavy atom. The zero-order chi connectivity index (χ0) is 21.7. The van der Waals surface area contributed by atoms with Crippen LogP contribution in [0.3, 0.4) is 0 Å². The third kappa shape index (κ3) is 3.08. The van der Waals surface area contributed by atoms with Crippen LogP contribution in [0.2, 0.25) is 0 Å². The molecule has 4 heterocycles. The van der Waals surface area contributed by atoms with Gasteiger partial charge < -0.3 is 14.4 Å². The average Bonchev–Trinajstić information content (AvgIpc) is 3.41. The summed E-state index contributed by atoms with van der Waals surface area (Å²) in [6.07, 6.45) is -2.17. The number of carbonyl (C=O) groups excluding carboxylic acids is 3. The largest absolute Gasteiger partial charge is 0.336 e. The van der Waals surface area contributed by atoms with Crippen molar-refractivity contribution in [3.8, 4) is 0 Å². The van der Waals surface area contributed by atoms with Crippen molar-refractivity contribution >= 4 is 23.2 Å². The van der Waals surface area contributed by atoms with Crippen LogP contribution in [0, 0.1) is 0 Å². The van der Waals surface area contributed by atoms with Crippen LogP contribution in [0.5, 0.6) is 0 Å². The first-order valence-corrected chi connectivity index (χ1v) is 9.74. The van der Waals surface area contributed by atoms with Gasteiger partial charge in [0.15, 0.2) is 0 Å². The zero-order valence-corrected chi connectivity index (χ0v) is 16.6. The fraction of sp³-hybridized carbons (Fsp3) is 0.526. The van der Waals surface area contributed by atoms with Crippen LogP contribution in [0.15, 0.2) is 10.9 Å². The lowest BCUT2D eigenvalue weighted by Crippen LogP contribution is -2.40. The summed E-state index contributed by atoms with van der Waals surface area (Å²) >= 11 is 0. The molecule has 160 valence electrons. The van der Waals surface area contributed by atoms with Crippen LogP contribution >= 0.6 is 0 Å². The van der Waals surface area contributed by atoms with E-state index < -0.39 is 29.8 Å². The van der Waals surface area contributed by atoms with Crippen molar-refractivity contribution in [3.63, 3.8) is 0 Å². The number of amides is 2. The highest BCUT2D eigenvalue weighted by molar-refractivity contribution is 5.98. The van der Waals surface area contributed by atoms with Crippen LogP contribution in [-0.4, -0.2) is 67.1 Å². The quantitative estimate of drug-likeness (QED) is 0.699. The number of halogens is 2. The second kappa shape index (κ2) is 7.29. The average molecular weight is 421 g/mol. The Kier molecular flexibility index (Phi) is 4.91. The van der Waals surface area contributed by atoms with Gasteiger partial charge in [0.1, 0.15) is 17.1 Å². The first-order valence-electron chi connectivity index (χ1n) is 9.74. The summed E-state index contributed by atoms with van der Waals surface area (Å²) in [6, 6.07) is 1.20. The summed E-state index contributed by atoms with van der Waals surface area (Å²) in [7, 11) is 0. The highest BCUT2D eigenvalue weighted by Gasteiger charge is 2.42. The first kappa shape index (κ1) is 20.2. The third-order valence-corrected chi connectivity index (χ3v) is 5.66. The van der Waals surface area contributed by atoms with Gasteiger partial charge in [-0.15, -0.1) is 0 Å². The molecule has 1 fully saturated rings. The van der Waals surface area contributed by atoms with Gasteiger partial charge in [0, 0.05) is 19.2 Å². The number of ketones is 1. The Morgan fingerprint density at radius 1 is 1.30 bits per heavy atom. The maximum atomic E-state index is 13.2. The predicted octanol–water partition coefficient (Wildman–Crippen LogP) is 0.469. The lowest BCUT2D eigenvalue weighted by Gasteiger charge is -2.24. The minimum absolute atomic E-state index is 0.0104. The molecule has 2 amide bonds. The molecule has 11 heteroatoms. The fourth-order valence-electron chi connectivity index (χ4n) is 4.22. The highest BCUT2D eigenvalue weighted by atomic mass is 19.3. The molecular formula is C19H21F2N5O4. The molecule has 2 aromatic heterocycles. The van der Waals surface area contributed by atoms with Crippen LogP contribution in [0.1, 0.15) is 42.0 Å². The van der Waals surface area contributed by atoms with E-state index in [2.05, 4.69) is 5.10 Å². The van der Waals surface area contributed by atoms with E-state index in [-0.39, 0.29) is 43.2 Å². The maximum Gasteiger partial charge on any atom is 0.315 e. The molecule has 4 rings (SSSR count). The number of carbonyl (C=O) groups is 3. The van der Waals surface area contributed by atoms with E-state index in [0.29, 0.717) is 24.2 Å². The van der Waals surface area contributed by atoms with Crippen LogP contribution in [0.4, 0.5) is 8.78 Å². The van der Waals surface area contributed by atoms with Crippen molar-refractivity contribution in [1.82, 2.24) is 24.0 Å². The van der Waals surface area contributed by atoms with Crippen LogP contribution in [-0.2, 0) is 29.1 Å². The molecular weight excluding hydrogens is 400 g/mol. The Hall–Kier alpha value is -3.11. The van der Waals surface area contributed by atoms with Gasteiger partial charge in [-0.3, -0.25) is 19.2 Å². The Balaban J connectivity index is 1.74. The predicted molar refractivity (Wildman–Crippen MR) is 100 cm³/mol. The lowest BCUT2D eigenvalue weighted by molar-refractivity contribution is -0.141. The Labute approximate surface area is 169 Å². The summed E-state index contributed by atoms with van der Waals surface area (Å²) in [5, 5.41) is 4.28. The monoisotopic (exact) mass is 421 g/mol. The van der Waals surface area contributed by atoms with Gasteiger partial charge in [-0.25, -0.2) is 0 Å². The summed E-state index contributed by atoms with van der Waals surface area (Å²) in [5.41, 5.74) is 0.937. The van der Waals surface area contributed by atoms with Gasteiger partial charge in [-0.05, 0) is 19.8 Å². The molecule has 0 spiro atoms. The smallest absolute Gasteiger partial charge is 0.315 e. The van der Waals surface area contributed by atoms with E-state index in [1.807, 2.05) is 6.92 Å². The number of Topliss-reactive ketones (excluding diaryl/α,β-unsaturated/α-hetero) is 1. The molecule has 0 saturated carbocycles. The number of nitrogens with zero attached hydrogens (tertiary/aromatic N) is 5. The summed E-state index contributed by atoms with van der Waals surface area (Å²) in [4.78, 5) is 52.2. The number of aryl methyl sites for hydroxylation is 1. The summed E-state index contributed by atoms with van der Waals surface area (Å²) in [6.45, 7) is 3.27. The molecule has 0 aromatic carbocycles. The van der Waals surface area contributed by atoms with E-state index in [0.717, 1.165) is 4.90 Å². The SMILES string of the molecule is CCc1cc2n(CC(C)=O)c3c(c(=O)n2n1)CN(C1CCN(C(=O)C(F)F)C1)C3=O. The number of hydrogen-bond donors (Lipinski definition) is 0. The number of likely N-dealkylation sites (tertiary alicyclic amines) is 1. The van der Waals surface area contributed by atoms with Gasteiger partial charge in [0.25, 0.3) is 17.4 Å². The Bertz CT molecular complexity index is 1120. The summed E-state index contributed by atoms with van der Waals surface area (Å²) < 4.78 is 28.2.